The smallest absolute Gasteiger partial charge is 0.0241 e. The van der Waals surface area contributed by atoms with E-state index in [0.717, 1.165) is 0 Å². The third-order valence-corrected chi connectivity index (χ3v) is 8.44. The Kier molecular flexibility index (Phi) is 26.0. The first-order valence-electron chi connectivity index (χ1n) is 16.8. The Hall–Kier alpha value is 0. The Morgan fingerprint density at radius 3 is 0.882 bits per heavy atom. The predicted molar refractivity (Wildman–Crippen MR) is 157 cm³/mol. The number of hydrogen-bond donors (Lipinski definition) is 0. The van der Waals surface area contributed by atoms with Gasteiger partial charge in [-0.25, -0.2) is 0 Å². The Bertz CT molecular complexity index is 353. The number of unbranched alkanes of at least 4 members (excludes halogenated alkanes) is 25. The molecule has 0 spiro atoms. The predicted octanol–water partition coefficient (Wildman–Crippen LogP) is 13.1. The van der Waals surface area contributed by atoms with Crippen LogP contribution in [0.4, 0.5) is 0 Å². The van der Waals surface area contributed by atoms with Crippen molar-refractivity contribution in [2.24, 2.45) is 0 Å². The van der Waals surface area contributed by atoms with Gasteiger partial charge in [-0.2, -0.15) is 0 Å². The minimum Gasteiger partial charge on any atom is -0.0654 e. The van der Waals surface area contributed by atoms with Crippen LogP contribution < -0.4 is 0 Å². The zero-order valence-electron chi connectivity index (χ0n) is 24.1. The molecule has 1 fully saturated rings. The minimum absolute atomic E-state index is 1.37. The van der Waals surface area contributed by atoms with E-state index < -0.39 is 0 Å². The normalized spacial score (nSPS) is 14.7. The van der Waals surface area contributed by atoms with Crippen LogP contribution in [0.15, 0.2) is 0 Å². The van der Waals surface area contributed by atoms with Crippen LogP contribution in [0, 0.1) is 5.92 Å². The Morgan fingerprint density at radius 2 is 0.588 bits per heavy atom. The summed E-state index contributed by atoms with van der Waals surface area (Å²) in [5.41, 5.74) is 0. The van der Waals surface area contributed by atoms with E-state index in [1.165, 1.54) is 205 Å². The van der Waals surface area contributed by atoms with Gasteiger partial charge in [-0.05, 0) is 25.2 Å². The third-order valence-electron chi connectivity index (χ3n) is 8.44. The van der Waals surface area contributed by atoms with Gasteiger partial charge in [0.05, 0.1) is 0 Å². The molecule has 0 heterocycles. The van der Waals surface area contributed by atoms with Gasteiger partial charge in [0, 0.05) is 0 Å². The molecule has 0 nitrogen and oxygen atoms in total. The highest BCUT2D eigenvalue weighted by Crippen LogP contribution is 2.30. The second-order valence-electron chi connectivity index (χ2n) is 11.9. The molecule has 0 amide bonds. The summed E-state index contributed by atoms with van der Waals surface area (Å²) in [6, 6.07) is 0. The highest BCUT2D eigenvalue weighted by atomic mass is 14.2. The van der Waals surface area contributed by atoms with Crippen molar-refractivity contribution in [3.63, 3.8) is 0 Å². The largest absolute Gasteiger partial charge is 0.0654 e. The molecular formula is C34H67. The van der Waals surface area contributed by atoms with E-state index in [1.54, 1.807) is 0 Å². The van der Waals surface area contributed by atoms with Gasteiger partial charge < -0.3 is 0 Å². The number of hydrogen-bond acceptors (Lipinski definition) is 0. The van der Waals surface area contributed by atoms with Crippen molar-refractivity contribution in [3.05, 3.63) is 5.92 Å². The van der Waals surface area contributed by atoms with Crippen LogP contribution in [0.3, 0.4) is 0 Å². The SMILES string of the molecule is CCCCCCCCCCCCCCCCCCCCCCCCCCCC[C]1CCCCC1. The van der Waals surface area contributed by atoms with E-state index in [4.69, 9.17) is 0 Å². The summed E-state index contributed by atoms with van der Waals surface area (Å²) in [5.74, 6) is 1.90. The first-order valence-corrected chi connectivity index (χ1v) is 16.8. The minimum atomic E-state index is 1.37. The van der Waals surface area contributed by atoms with Crippen LogP contribution >= 0.6 is 0 Å². The molecule has 1 saturated carbocycles. The van der Waals surface area contributed by atoms with Gasteiger partial charge in [0.15, 0.2) is 0 Å². The zero-order chi connectivity index (χ0) is 24.2. The molecular weight excluding hydrogens is 408 g/mol. The van der Waals surface area contributed by atoms with E-state index in [-0.39, 0.29) is 0 Å². The topological polar surface area (TPSA) is 0 Å². The Labute approximate surface area is 218 Å². The molecule has 0 unspecified atom stereocenters. The van der Waals surface area contributed by atoms with Crippen molar-refractivity contribution in [1.82, 2.24) is 0 Å². The van der Waals surface area contributed by atoms with Crippen molar-refractivity contribution in [2.75, 3.05) is 0 Å². The van der Waals surface area contributed by atoms with Crippen LogP contribution in [0.2, 0.25) is 0 Å². The summed E-state index contributed by atoms with van der Waals surface area (Å²) in [4.78, 5) is 0. The molecule has 1 rings (SSSR count). The lowest BCUT2D eigenvalue weighted by Gasteiger charge is -2.20. The average Bonchev–Trinajstić information content (AvgIpc) is 2.87. The van der Waals surface area contributed by atoms with E-state index in [1.807, 2.05) is 5.92 Å². The van der Waals surface area contributed by atoms with Crippen molar-refractivity contribution >= 4 is 0 Å². The summed E-state index contributed by atoms with van der Waals surface area (Å²) < 4.78 is 0. The Balaban J connectivity index is 1.61. The van der Waals surface area contributed by atoms with Crippen LogP contribution in [0.25, 0.3) is 0 Å². The van der Waals surface area contributed by atoms with Gasteiger partial charge >= 0.3 is 0 Å². The van der Waals surface area contributed by atoms with Gasteiger partial charge in [0.1, 0.15) is 0 Å². The molecule has 203 valence electrons. The fourth-order valence-corrected chi connectivity index (χ4v) is 5.99. The molecule has 0 saturated heterocycles. The molecule has 1 radical (unpaired) electrons. The maximum Gasteiger partial charge on any atom is -0.0241 e. The molecule has 0 atom stereocenters. The lowest BCUT2D eigenvalue weighted by atomic mass is 9.85. The van der Waals surface area contributed by atoms with Gasteiger partial charge in [0.25, 0.3) is 0 Å². The van der Waals surface area contributed by atoms with Gasteiger partial charge in [-0.3, -0.25) is 0 Å². The zero-order valence-corrected chi connectivity index (χ0v) is 24.1. The first-order chi connectivity index (χ1) is 16.9. The average molecular weight is 476 g/mol. The highest BCUT2D eigenvalue weighted by molar-refractivity contribution is 4.91. The lowest BCUT2D eigenvalue weighted by molar-refractivity contribution is 0.482. The van der Waals surface area contributed by atoms with Gasteiger partial charge in [-0.1, -0.05) is 193 Å². The standard InChI is InChI=1S/C34H67/c1-2-3-4-5-6-7-8-9-10-11-12-13-14-15-16-17-18-19-20-21-22-23-24-25-26-28-31-34-32-29-27-30-33-34/h2-33H2,1H3. The summed E-state index contributed by atoms with van der Waals surface area (Å²) in [6.07, 6.45) is 47.5. The van der Waals surface area contributed by atoms with Crippen LogP contribution in [-0.4, -0.2) is 0 Å². The van der Waals surface area contributed by atoms with E-state index >= 15 is 0 Å². The molecule has 0 aliphatic heterocycles. The lowest BCUT2D eigenvalue weighted by Crippen LogP contribution is -2.03. The van der Waals surface area contributed by atoms with E-state index in [9.17, 15) is 0 Å². The summed E-state index contributed by atoms with van der Waals surface area (Å²) in [5, 5.41) is 0. The molecule has 34 heavy (non-hydrogen) atoms. The fraction of sp³-hybridized carbons (Fsp3) is 0.971. The van der Waals surface area contributed by atoms with Crippen molar-refractivity contribution in [1.29, 1.82) is 0 Å². The molecule has 0 aromatic carbocycles. The molecule has 0 N–H and O–H groups in total. The van der Waals surface area contributed by atoms with Crippen LogP contribution in [-0.2, 0) is 0 Å². The summed E-state index contributed by atoms with van der Waals surface area (Å²) >= 11 is 0. The first kappa shape index (κ1) is 32.0. The molecule has 0 aromatic rings. The van der Waals surface area contributed by atoms with Gasteiger partial charge in [0.2, 0.25) is 0 Å². The summed E-state index contributed by atoms with van der Waals surface area (Å²) in [7, 11) is 0. The molecule has 0 aromatic heterocycles. The molecule has 1 aliphatic carbocycles. The van der Waals surface area contributed by atoms with Crippen molar-refractivity contribution in [3.8, 4) is 0 Å². The molecule has 1 aliphatic rings. The van der Waals surface area contributed by atoms with Gasteiger partial charge in [-0.15, -0.1) is 0 Å². The third kappa shape index (κ3) is 23.7. The second-order valence-corrected chi connectivity index (χ2v) is 11.9. The second kappa shape index (κ2) is 27.6. The quantitative estimate of drug-likeness (QED) is 0.104. The maximum absolute atomic E-state index is 2.31. The van der Waals surface area contributed by atoms with E-state index in [0.29, 0.717) is 0 Å². The summed E-state index contributed by atoms with van der Waals surface area (Å²) in [6.45, 7) is 2.31. The van der Waals surface area contributed by atoms with Crippen molar-refractivity contribution < 1.29 is 0 Å². The maximum atomic E-state index is 2.31. The number of rotatable bonds is 27. The van der Waals surface area contributed by atoms with E-state index in [2.05, 4.69) is 6.92 Å². The van der Waals surface area contributed by atoms with Crippen LogP contribution in [0.5, 0.6) is 0 Å². The van der Waals surface area contributed by atoms with Crippen LogP contribution in [0.1, 0.15) is 212 Å². The fourth-order valence-electron chi connectivity index (χ4n) is 5.99. The van der Waals surface area contributed by atoms with Crippen molar-refractivity contribution in [2.45, 2.75) is 212 Å². The molecule has 0 bridgehead atoms. The molecule has 0 heteroatoms. The monoisotopic (exact) mass is 476 g/mol. The Morgan fingerprint density at radius 1 is 0.324 bits per heavy atom. The highest BCUT2D eigenvalue weighted by Gasteiger charge is 2.12.